The number of carboxylic acid groups (broad SMARTS) is 1. The molecule has 2 amide bonds. The Labute approximate surface area is 158 Å². The maximum atomic E-state index is 11.3. The van der Waals surface area contributed by atoms with Crippen molar-refractivity contribution in [2.75, 3.05) is 30.4 Å². The van der Waals surface area contributed by atoms with E-state index in [1.54, 1.807) is 7.05 Å². The molecule has 0 bridgehead atoms. The molecule has 0 aliphatic carbocycles. The lowest BCUT2D eigenvalue weighted by Crippen LogP contribution is -2.45. The predicted octanol–water partition coefficient (Wildman–Crippen LogP) is 3.29. The zero-order chi connectivity index (χ0) is 19.4. The van der Waals surface area contributed by atoms with Gasteiger partial charge in [-0.05, 0) is 37.1 Å². The van der Waals surface area contributed by atoms with Crippen molar-refractivity contribution in [1.82, 2.24) is 9.88 Å². The van der Waals surface area contributed by atoms with Gasteiger partial charge in [-0.3, -0.25) is 4.79 Å². The minimum Gasteiger partial charge on any atom is -0.465 e. The van der Waals surface area contributed by atoms with Crippen LogP contribution in [0, 0.1) is 0 Å². The van der Waals surface area contributed by atoms with Crippen molar-refractivity contribution in [3.05, 3.63) is 42.5 Å². The van der Waals surface area contributed by atoms with Crippen LogP contribution in [0.2, 0.25) is 0 Å². The lowest BCUT2D eigenvalue weighted by molar-refractivity contribution is -0.114. The molecule has 1 saturated heterocycles. The Kier molecular flexibility index (Phi) is 5.59. The average molecular weight is 368 g/mol. The summed E-state index contributed by atoms with van der Waals surface area (Å²) in [5, 5.41) is 11.9. The summed E-state index contributed by atoms with van der Waals surface area (Å²) in [5.41, 5.74) is 2.51. The molecule has 1 fully saturated rings. The van der Waals surface area contributed by atoms with E-state index in [9.17, 15) is 9.59 Å². The number of piperidine rings is 1. The lowest BCUT2D eigenvalue weighted by atomic mass is 10.0. The summed E-state index contributed by atoms with van der Waals surface area (Å²) < 4.78 is 0. The van der Waals surface area contributed by atoms with Crippen molar-refractivity contribution in [3.8, 4) is 11.3 Å². The Morgan fingerprint density at radius 2 is 1.89 bits per heavy atom. The van der Waals surface area contributed by atoms with Gasteiger partial charge in [0.2, 0.25) is 5.91 Å². The van der Waals surface area contributed by atoms with Crippen LogP contribution in [0.15, 0.2) is 42.5 Å². The maximum absolute atomic E-state index is 11.3. The fourth-order valence-corrected chi connectivity index (χ4v) is 3.36. The van der Waals surface area contributed by atoms with Crippen LogP contribution in [0.3, 0.4) is 0 Å². The lowest BCUT2D eigenvalue weighted by Gasteiger charge is -2.36. The van der Waals surface area contributed by atoms with E-state index >= 15 is 0 Å². The van der Waals surface area contributed by atoms with Crippen LogP contribution in [-0.4, -0.2) is 53.2 Å². The zero-order valence-electron chi connectivity index (χ0n) is 15.6. The number of pyridine rings is 1. The molecule has 1 aromatic heterocycles. The van der Waals surface area contributed by atoms with Crippen molar-refractivity contribution in [3.63, 3.8) is 0 Å². The van der Waals surface area contributed by atoms with Gasteiger partial charge >= 0.3 is 6.09 Å². The highest BCUT2D eigenvalue weighted by atomic mass is 16.4. The first kappa shape index (κ1) is 18.7. The molecular weight excluding hydrogens is 344 g/mol. The van der Waals surface area contributed by atoms with Crippen molar-refractivity contribution < 1.29 is 14.7 Å². The number of rotatable bonds is 4. The summed E-state index contributed by atoms with van der Waals surface area (Å²) >= 11 is 0. The molecule has 3 rings (SSSR count). The van der Waals surface area contributed by atoms with Crippen LogP contribution in [0.5, 0.6) is 0 Å². The van der Waals surface area contributed by atoms with Gasteiger partial charge in [-0.2, -0.15) is 0 Å². The van der Waals surface area contributed by atoms with Gasteiger partial charge in [0.05, 0.1) is 5.69 Å². The highest BCUT2D eigenvalue weighted by Crippen LogP contribution is 2.25. The van der Waals surface area contributed by atoms with Gasteiger partial charge in [-0.15, -0.1) is 0 Å². The van der Waals surface area contributed by atoms with Gasteiger partial charge in [-0.25, -0.2) is 9.78 Å². The molecule has 2 N–H and O–H groups in total. The number of benzene rings is 1. The van der Waals surface area contributed by atoms with Gasteiger partial charge in [0.15, 0.2) is 0 Å². The summed E-state index contributed by atoms with van der Waals surface area (Å²) in [6.45, 7) is 3.02. The first-order valence-corrected chi connectivity index (χ1v) is 9.00. The second kappa shape index (κ2) is 8.07. The number of aromatic nitrogens is 1. The minimum atomic E-state index is -0.882. The van der Waals surface area contributed by atoms with E-state index in [0.29, 0.717) is 0 Å². The van der Waals surface area contributed by atoms with Crippen molar-refractivity contribution in [1.29, 1.82) is 0 Å². The number of carbonyl (C=O) groups excluding carboxylic acids is 1. The first-order chi connectivity index (χ1) is 12.9. The van der Waals surface area contributed by atoms with Crippen LogP contribution in [-0.2, 0) is 4.79 Å². The average Bonchev–Trinajstić information content (AvgIpc) is 2.67. The molecule has 1 aliphatic heterocycles. The first-order valence-electron chi connectivity index (χ1n) is 9.00. The Balaban J connectivity index is 1.73. The number of hydrogen-bond acceptors (Lipinski definition) is 4. The second-order valence-corrected chi connectivity index (χ2v) is 6.75. The largest absolute Gasteiger partial charge is 0.465 e. The van der Waals surface area contributed by atoms with Gasteiger partial charge in [-0.1, -0.05) is 18.2 Å². The topological polar surface area (TPSA) is 85.8 Å². The molecule has 142 valence electrons. The summed E-state index contributed by atoms with van der Waals surface area (Å²) in [4.78, 5) is 30.7. The van der Waals surface area contributed by atoms with E-state index in [1.807, 2.05) is 42.5 Å². The Morgan fingerprint density at radius 1 is 1.19 bits per heavy atom. The fourth-order valence-electron chi connectivity index (χ4n) is 3.36. The van der Waals surface area contributed by atoms with E-state index in [2.05, 4.69) is 10.2 Å². The number of nitrogens with zero attached hydrogens (tertiary/aromatic N) is 3. The number of carbonyl (C=O) groups is 2. The molecule has 0 unspecified atom stereocenters. The Bertz CT molecular complexity index is 831. The second-order valence-electron chi connectivity index (χ2n) is 6.75. The predicted molar refractivity (Wildman–Crippen MR) is 105 cm³/mol. The molecule has 0 spiro atoms. The molecule has 27 heavy (non-hydrogen) atoms. The number of amides is 2. The smallest absolute Gasteiger partial charge is 0.407 e. The third kappa shape index (κ3) is 4.55. The van der Waals surface area contributed by atoms with Crippen LogP contribution in [0.1, 0.15) is 19.8 Å². The standard InChI is InChI=1S/C20H24N4O3/c1-14(25)21-16-6-3-5-15(13-16)18-7-4-8-19(22-18)24-11-9-17(10-12-24)23(2)20(26)27/h3-8,13,17H,9-12H2,1-2H3,(H,21,25)(H,26,27). The third-order valence-corrected chi connectivity index (χ3v) is 4.85. The van der Waals surface area contributed by atoms with Crippen molar-refractivity contribution >= 4 is 23.5 Å². The van der Waals surface area contributed by atoms with E-state index in [-0.39, 0.29) is 11.9 Å². The maximum Gasteiger partial charge on any atom is 0.407 e. The Hall–Kier alpha value is -3.09. The van der Waals surface area contributed by atoms with Gasteiger partial charge in [0.25, 0.3) is 0 Å². The van der Waals surface area contributed by atoms with Crippen LogP contribution in [0.25, 0.3) is 11.3 Å². The Morgan fingerprint density at radius 3 is 2.56 bits per heavy atom. The highest BCUT2D eigenvalue weighted by Gasteiger charge is 2.25. The quantitative estimate of drug-likeness (QED) is 0.865. The number of nitrogens with one attached hydrogen (secondary N) is 1. The molecule has 7 heteroatoms. The molecule has 2 aromatic rings. The van der Waals surface area contributed by atoms with E-state index in [1.165, 1.54) is 11.8 Å². The van der Waals surface area contributed by atoms with Crippen molar-refractivity contribution in [2.45, 2.75) is 25.8 Å². The highest BCUT2D eigenvalue weighted by molar-refractivity contribution is 5.89. The zero-order valence-corrected chi connectivity index (χ0v) is 15.6. The van der Waals surface area contributed by atoms with Gasteiger partial charge in [0, 0.05) is 44.4 Å². The van der Waals surface area contributed by atoms with Crippen LogP contribution in [0.4, 0.5) is 16.3 Å². The molecule has 1 aliphatic rings. The molecule has 2 heterocycles. The number of hydrogen-bond donors (Lipinski definition) is 2. The SMILES string of the molecule is CC(=O)Nc1cccc(-c2cccc(N3CCC(N(C)C(=O)O)CC3)n2)c1. The third-order valence-electron chi connectivity index (χ3n) is 4.85. The van der Waals surface area contributed by atoms with Crippen molar-refractivity contribution in [2.24, 2.45) is 0 Å². The molecule has 7 nitrogen and oxygen atoms in total. The molecule has 0 atom stereocenters. The van der Waals surface area contributed by atoms with Gasteiger partial charge in [0.1, 0.15) is 5.82 Å². The summed E-state index contributed by atoms with van der Waals surface area (Å²) in [6, 6.07) is 13.5. The number of anilines is 2. The molecule has 1 aromatic carbocycles. The van der Waals surface area contributed by atoms with Gasteiger partial charge < -0.3 is 20.2 Å². The van der Waals surface area contributed by atoms with E-state index in [0.717, 1.165) is 48.7 Å². The normalized spacial score (nSPS) is 14.7. The summed E-state index contributed by atoms with van der Waals surface area (Å²) in [7, 11) is 1.63. The molecule has 0 saturated carbocycles. The van der Waals surface area contributed by atoms with Crippen LogP contribution >= 0.6 is 0 Å². The summed E-state index contributed by atoms with van der Waals surface area (Å²) in [6.07, 6.45) is 0.687. The van der Waals surface area contributed by atoms with E-state index < -0.39 is 6.09 Å². The van der Waals surface area contributed by atoms with Crippen LogP contribution < -0.4 is 10.2 Å². The monoisotopic (exact) mass is 368 g/mol. The molecular formula is C20H24N4O3. The minimum absolute atomic E-state index is 0.0521. The van der Waals surface area contributed by atoms with E-state index in [4.69, 9.17) is 10.1 Å². The molecule has 0 radical (unpaired) electrons. The fraction of sp³-hybridized carbons (Fsp3) is 0.350. The summed E-state index contributed by atoms with van der Waals surface area (Å²) in [5.74, 6) is 0.775.